The van der Waals surface area contributed by atoms with Crippen molar-refractivity contribution in [2.24, 2.45) is 11.8 Å². The Labute approximate surface area is 123 Å². The van der Waals surface area contributed by atoms with Gasteiger partial charge in [0.05, 0.1) is 5.69 Å². The summed E-state index contributed by atoms with van der Waals surface area (Å²) < 4.78 is 1.29. The maximum atomic E-state index is 5.84. The van der Waals surface area contributed by atoms with E-state index < -0.39 is 0 Å². The fourth-order valence-corrected chi connectivity index (χ4v) is 4.48. The Kier molecular flexibility index (Phi) is 3.68. The van der Waals surface area contributed by atoms with Crippen molar-refractivity contribution < 1.29 is 0 Å². The number of hydrogen-bond donors (Lipinski definition) is 1. The lowest BCUT2D eigenvalue weighted by Crippen LogP contribution is -2.42. The minimum Gasteiger partial charge on any atom is -0.399 e. The van der Waals surface area contributed by atoms with E-state index in [0.29, 0.717) is 0 Å². The normalized spacial score (nSPS) is 27.9. The first kappa shape index (κ1) is 12.6. The molecule has 98 valence electrons. The summed E-state index contributed by atoms with van der Waals surface area (Å²) >= 11 is 2.41. The van der Waals surface area contributed by atoms with Crippen LogP contribution in [0.25, 0.3) is 0 Å². The molecule has 3 heteroatoms. The minimum absolute atomic E-state index is 0.871. The van der Waals surface area contributed by atoms with Crippen LogP contribution in [0.5, 0.6) is 0 Å². The molecule has 2 unspecified atom stereocenters. The number of nitrogens with zero attached hydrogens (tertiary/aromatic N) is 1. The van der Waals surface area contributed by atoms with Crippen molar-refractivity contribution >= 4 is 34.0 Å². The van der Waals surface area contributed by atoms with E-state index in [1.807, 2.05) is 6.07 Å². The van der Waals surface area contributed by atoms with Gasteiger partial charge in [-0.25, -0.2) is 0 Å². The summed E-state index contributed by atoms with van der Waals surface area (Å²) in [6, 6.07) is 6.31. The van der Waals surface area contributed by atoms with Crippen molar-refractivity contribution in [3.05, 3.63) is 21.8 Å². The zero-order valence-electron chi connectivity index (χ0n) is 10.7. The monoisotopic (exact) mass is 356 g/mol. The number of nitrogens with two attached hydrogens (primary N) is 1. The van der Waals surface area contributed by atoms with Crippen LogP contribution in [0, 0.1) is 15.4 Å². The minimum atomic E-state index is 0.871. The molecule has 0 aromatic heterocycles. The fraction of sp³-hybridized carbons (Fsp3) is 0.600. The third-order valence-electron chi connectivity index (χ3n) is 4.60. The maximum Gasteiger partial charge on any atom is 0.0503 e. The molecule has 2 atom stereocenters. The van der Waals surface area contributed by atoms with Gasteiger partial charge in [0.15, 0.2) is 0 Å². The van der Waals surface area contributed by atoms with Crippen molar-refractivity contribution in [1.82, 2.24) is 0 Å². The van der Waals surface area contributed by atoms with Gasteiger partial charge >= 0.3 is 0 Å². The molecular formula is C15H21IN2. The van der Waals surface area contributed by atoms with Crippen LogP contribution in [0.1, 0.15) is 32.1 Å². The van der Waals surface area contributed by atoms with Gasteiger partial charge < -0.3 is 10.6 Å². The summed E-state index contributed by atoms with van der Waals surface area (Å²) in [6.07, 6.45) is 7.18. The molecule has 1 aromatic rings. The smallest absolute Gasteiger partial charge is 0.0503 e. The third-order valence-corrected chi connectivity index (χ3v) is 5.47. The number of piperidine rings is 1. The van der Waals surface area contributed by atoms with E-state index in [0.717, 1.165) is 17.5 Å². The molecule has 2 N–H and O–H groups in total. The van der Waals surface area contributed by atoms with Crippen LogP contribution >= 0.6 is 22.6 Å². The third kappa shape index (κ3) is 2.46. The molecule has 0 amide bonds. The number of fused-ring (bicyclic) bond motifs is 1. The Hall–Kier alpha value is -0.450. The Morgan fingerprint density at radius 2 is 1.89 bits per heavy atom. The first-order valence-corrected chi connectivity index (χ1v) is 8.12. The predicted molar refractivity (Wildman–Crippen MR) is 85.8 cm³/mol. The highest BCUT2D eigenvalue weighted by Crippen LogP contribution is 2.38. The van der Waals surface area contributed by atoms with Crippen molar-refractivity contribution in [3.8, 4) is 0 Å². The van der Waals surface area contributed by atoms with Gasteiger partial charge in [-0.3, -0.25) is 0 Å². The molecule has 1 heterocycles. The lowest BCUT2D eigenvalue weighted by atomic mass is 9.75. The number of hydrogen-bond acceptors (Lipinski definition) is 2. The molecule has 1 saturated heterocycles. The molecule has 1 aliphatic heterocycles. The highest BCUT2D eigenvalue weighted by molar-refractivity contribution is 14.1. The lowest BCUT2D eigenvalue weighted by molar-refractivity contribution is 0.202. The van der Waals surface area contributed by atoms with Crippen LogP contribution in [0.3, 0.4) is 0 Å². The SMILES string of the molecule is Nc1ccc(N2CCC3CCCCC3C2)c(I)c1. The van der Waals surface area contributed by atoms with Crippen LogP contribution < -0.4 is 10.6 Å². The van der Waals surface area contributed by atoms with Gasteiger partial charge in [0.2, 0.25) is 0 Å². The van der Waals surface area contributed by atoms with Crippen molar-refractivity contribution in [2.75, 3.05) is 23.7 Å². The van der Waals surface area contributed by atoms with Crippen molar-refractivity contribution in [2.45, 2.75) is 32.1 Å². The summed E-state index contributed by atoms with van der Waals surface area (Å²) in [6.45, 7) is 2.48. The summed E-state index contributed by atoms with van der Waals surface area (Å²) in [5.41, 5.74) is 8.09. The molecule has 0 bridgehead atoms. The molecule has 1 aromatic carbocycles. The average molecular weight is 356 g/mol. The van der Waals surface area contributed by atoms with Crippen LogP contribution in [0.4, 0.5) is 11.4 Å². The van der Waals surface area contributed by atoms with E-state index in [2.05, 4.69) is 39.6 Å². The van der Waals surface area contributed by atoms with E-state index in [4.69, 9.17) is 5.73 Å². The van der Waals surface area contributed by atoms with E-state index in [1.165, 1.54) is 54.5 Å². The largest absolute Gasteiger partial charge is 0.399 e. The average Bonchev–Trinajstić information content (AvgIpc) is 2.38. The Morgan fingerprint density at radius 1 is 1.11 bits per heavy atom. The van der Waals surface area contributed by atoms with Crippen molar-refractivity contribution in [3.63, 3.8) is 0 Å². The predicted octanol–water partition coefficient (Wildman–Crippen LogP) is 3.89. The van der Waals surface area contributed by atoms with Gasteiger partial charge in [0.1, 0.15) is 0 Å². The van der Waals surface area contributed by atoms with Crippen LogP contribution in [0.15, 0.2) is 18.2 Å². The second kappa shape index (κ2) is 5.27. The summed E-state index contributed by atoms with van der Waals surface area (Å²) in [5, 5.41) is 0. The van der Waals surface area contributed by atoms with Gasteiger partial charge in [-0.2, -0.15) is 0 Å². The molecule has 1 saturated carbocycles. The second-order valence-corrected chi connectivity index (χ2v) is 6.91. The first-order chi connectivity index (χ1) is 8.74. The molecule has 18 heavy (non-hydrogen) atoms. The lowest BCUT2D eigenvalue weighted by Gasteiger charge is -2.42. The zero-order chi connectivity index (χ0) is 12.5. The number of benzene rings is 1. The summed E-state index contributed by atoms with van der Waals surface area (Å²) in [4.78, 5) is 2.58. The molecule has 2 aliphatic rings. The second-order valence-electron chi connectivity index (χ2n) is 5.75. The summed E-state index contributed by atoms with van der Waals surface area (Å²) in [5.74, 6) is 1.93. The Bertz CT molecular complexity index is 433. The number of anilines is 2. The molecule has 0 spiro atoms. The molecule has 3 rings (SSSR count). The zero-order valence-corrected chi connectivity index (χ0v) is 12.9. The molecular weight excluding hydrogens is 335 g/mol. The highest BCUT2D eigenvalue weighted by Gasteiger charge is 2.31. The van der Waals surface area contributed by atoms with Gasteiger partial charge in [0, 0.05) is 22.3 Å². The van der Waals surface area contributed by atoms with Crippen LogP contribution in [0.2, 0.25) is 0 Å². The fourth-order valence-electron chi connectivity index (χ4n) is 3.60. The number of nitrogen functional groups attached to an aromatic ring is 1. The highest BCUT2D eigenvalue weighted by atomic mass is 127. The number of halogens is 1. The topological polar surface area (TPSA) is 29.3 Å². The van der Waals surface area contributed by atoms with E-state index in [-0.39, 0.29) is 0 Å². The van der Waals surface area contributed by atoms with E-state index >= 15 is 0 Å². The Balaban J connectivity index is 1.77. The van der Waals surface area contributed by atoms with Gasteiger partial charge in [-0.1, -0.05) is 19.3 Å². The standard InChI is InChI=1S/C15H21IN2/c16-14-9-13(17)5-6-15(14)18-8-7-11-3-1-2-4-12(11)10-18/h5-6,9,11-12H,1-4,7-8,10,17H2. The van der Waals surface area contributed by atoms with Crippen LogP contribution in [-0.4, -0.2) is 13.1 Å². The van der Waals surface area contributed by atoms with Gasteiger partial charge in [0.25, 0.3) is 0 Å². The Morgan fingerprint density at radius 3 is 2.67 bits per heavy atom. The molecule has 1 aliphatic carbocycles. The van der Waals surface area contributed by atoms with Crippen LogP contribution in [-0.2, 0) is 0 Å². The maximum absolute atomic E-state index is 5.84. The quantitative estimate of drug-likeness (QED) is 0.611. The number of rotatable bonds is 1. The van der Waals surface area contributed by atoms with Crippen molar-refractivity contribution in [1.29, 1.82) is 0 Å². The first-order valence-electron chi connectivity index (χ1n) is 7.04. The van der Waals surface area contributed by atoms with E-state index in [9.17, 15) is 0 Å². The molecule has 0 radical (unpaired) electrons. The molecule has 2 nitrogen and oxygen atoms in total. The summed E-state index contributed by atoms with van der Waals surface area (Å²) in [7, 11) is 0. The van der Waals surface area contributed by atoms with Gasteiger partial charge in [-0.15, -0.1) is 0 Å². The van der Waals surface area contributed by atoms with E-state index in [1.54, 1.807) is 0 Å². The van der Waals surface area contributed by atoms with Gasteiger partial charge in [-0.05, 0) is 65.5 Å². The molecule has 2 fully saturated rings.